The van der Waals surface area contributed by atoms with E-state index in [9.17, 15) is 4.79 Å². The average Bonchev–Trinajstić information content (AvgIpc) is 2.28. The number of pyridine rings is 2. The van der Waals surface area contributed by atoms with Crippen LogP contribution in [-0.4, -0.2) is 22.5 Å². The van der Waals surface area contributed by atoms with Gasteiger partial charge in [-0.2, -0.15) is 0 Å². The molecule has 2 rings (SSSR count). The molecule has 0 saturated heterocycles. The first-order valence-electron chi connectivity index (χ1n) is 4.80. The van der Waals surface area contributed by atoms with Gasteiger partial charge in [0.05, 0.1) is 12.2 Å². The predicted molar refractivity (Wildman–Crippen MR) is 68.2 cm³/mol. The number of rotatable bonds is 2. The molecule has 0 aliphatic carbocycles. The summed E-state index contributed by atoms with van der Waals surface area (Å²) in [7, 11) is 0. The largest absolute Gasteiger partial charge is 0.462 e. The SMILES string of the molecule is CCOC(=O)c1cnc2nc(I)ccc2c1. The number of hydrogen-bond acceptors (Lipinski definition) is 4. The Labute approximate surface area is 106 Å². The predicted octanol–water partition coefficient (Wildman–Crippen LogP) is 2.41. The fourth-order valence-electron chi connectivity index (χ4n) is 1.31. The number of esters is 1. The lowest BCUT2D eigenvalue weighted by atomic mass is 10.2. The van der Waals surface area contributed by atoms with Gasteiger partial charge in [0.25, 0.3) is 0 Å². The van der Waals surface area contributed by atoms with Gasteiger partial charge in [-0.15, -0.1) is 0 Å². The summed E-state index contributed by atoms with van der Waals surface area (Å²) < 4.78 is 5.78. The molecule has 16 heavy (non-hydrogen) atoms. The molecule has 2 heterocycles. The Bertz CT molecular complexity index is 542. The van der Waals surface area contributed by atoms with Crippen LogP contribution in [0, 0.1) is 3.70 Å². The number of aromatic nitrogens is 2. The maximum absolute atomic E-state index is 11.5. The molecule has 0 N–H and O–H groups in total. The molecule has 0 bridgehead atoms. The number of carbonyl (C=O) groups is 1. The van der Waals surface area contributed by atoms with Crippen LogP contribution in [-0.2, 0) is 4.74 Å². The Balaban J connectivity index is 2.44. The lowest BCUT2D eigenvalue weighted by molar-refractivity contribution is 0.0526. The van der Waals surface area contributed by atoms with E-state index in [2.05, 4.69) is 32.6 Å². The van der Waals surface area contributed by atoms with Crippen LogP contribution in [0.1, 0.15) is 17.3 Å². The summed E-state index contributed by atoms with van der Waals surface area (Å²) in [6, 6.07) is 5.50. The molecule has 0 aliphatic heterocycles. The van der Waals surface area contributed by atoms with Gasteiger partial charge in [-0.1, -0.05) is 0 Å². The van der Waals surface area contributed by atoms with Gasteiger partial charge in [-0.3, -0.25) is 0 Å². The lowest BCUT2D eigenvalue weighted by Crippen LogP contribution is -2.05. The van der Waals surface area contributed by atoms with Crippen LogP contribution in [0.3, 0.4) is 0 Å². The van der Waals surface area contributed by atoms with Crippen LogP contribution < -0.4 is 0 Å². The van der Waals surface area contributed by atoms with Crippen molar-refractivity contribution in [2.45, 2.75) is 6.92 Å². The van der Waals surface area contributed by atoms with Crippen molar-refractivity contribution in [3.8, 4) is 0 Å². The highest BCUT2D eigenvalue weighted by Gasteiger charge is 2.08. The zero-order valence-electron chi connectivity index (χ0n) is 8.61. The summed E-state index contributed by atoms with van der Waals surface area (Å²) in [6.45, 7) is 2.14. The third-order valence-electron chi connectivity index (χ3n) is 2.02. The van der Waals surface area contributed by atoms with Crippen molar-refractivity contribution in [1.29, 1.82) is 0 Å². The van der Waals surface area contributed by atoms with Gasteiger partial charge in [0.15, 0.2) is 5.65 Å². The van der Waals surface area contributed by atoms with E-state index >= 15 is 0 Å². The van der Waals surface area contributed by atoms with Crippen molar-refractivity contribution in [1.82, 2.24) is 9.97 Å². The highest BCUT2D eigenvalue weighted by molar-refractivity contribution is 14.1. The van der Waals surface area contributed by atoms with Gasteiger partial charge in [-0.25, -0.2) is 14.8 Å². The van der Waals surface area contributed by atoms with Gasteiger partial charge >= 0.3 is 5.97 Å². The van der Waals surface area contributed by atoms with Crippen molar-refractivity contribution in [2.75, 3.05) is 6.61 Å². The molecule has 0 saturated carbocycles. The third-order valence-corrected chi connectivity index (χ3v) is 2.62. The van der Waals surface area contributed by atoms with Crippen molar-refractivity contribution >= 4 is 39.6 Å². The van der Waals surface area contributed by atoms with E-state index in [-0.39, 0.29) is 5.97 Å². The van der Waals surface area contributed by atoms with Gasteiger partial charge < -0.3 is 4.74 Å². The molecule has 0 radical (unpaired) electrons. The van der Waals surface area contributed by atoms with Crippen molar-refractivity contribution in [2.24, 2.45) is 0 Å². The zero-order chi connectivity index (χ0) is 11.5. The van der Waals surface area contributed by atoms with E-state index in [0.717, 1.165) is 9.09 Å². The monoisotopic (exact) mass is 328 g/mol. The molecular formula is C11H9IN2O2. The summed E-state index contributed by atoms with van der Waals surface area (Å²) in [4.78, 5) is 19.8. The van der Waals surface area contributed by atoms with Crippen molar-refractivity contribution in [3.05, 3.63) is 33.7 Å². The fraction of sp³-hybridized carbons (Fsp3) is 0.182. The Morgan fingerprint density at radius 2 is 2.31 bits per heavy atom. The van der Waals surface area contributed by atoms with Gasteiger partial charge in [-0.05, 0) is 47.7 Å². The molecule has 82 valence electrons. The Kier molecular flexibility index (Phi) is 3.33. The minimum absolute atomic E-state index is 0.351. The number of halogens is 1. The number of ether oxygens (including phenoxy) is 1. The van der Waals surface area contributed by atoms with Crippen LogP contribution in [0.5, 0.6) is 0 Å². The van der Waals surface area contributed by atoms with E-state index < -0.39 is 0 Å². The zero-order valence-corrected chi connectivity index (χ0v) is 10.8. The number of hydrogen-bond donors (Lipinski definition) is 0. The topological polar surface area (TPSA) is 52.1 Å². The van der Waals surface area contributed by atoms with Crippen LogP contribution in [0.4, 0.5) is 0 Å². The second-order valence-corrected chi connectivity index (χ2v) is 4.23. The summed E-state index contributed by atoms with van der Waals surface area (Å²) in [5, 5.41) is 0.839. The van der Waals surface area contributed by atoms with Crippen LogP contribution in [0.25, 0.3) is 11.0 Å². The van der Waals surface area contributed by atoms with Crippen LogP contribution in [0.15, 0.2) is 24.4 Å². The van der Waals surface area contributed by atoms with Gasteiger partial charge in [0, 0.05) is 11.6 Å². The molecule has 2 aromatic heterocycles. The normalized spacial score (nSPS) is 10.4. The first-order valence-corrected chi connectivity index (χ1v) is 5.88. The minimum Gasteiger partial charge on any atom is -0.462 e. The molecule has 2 aromatic rings. The Hall–Kier alpha value is -1.24. The van der Waals surface area contributed by atoms with Gasteiger partial charge in [0.2, 0.25) is 0 Å². The number of fused-ring (bicyclic) bond motifs is 1. The standard InChI is InChI=1S/C11H9IN2O2/c1-2-16-11(15)8-5-7-3-4-9(12)14-10(7)13-6-8/h3-6H,2H2,1H3. The molecular weight excluding hydrogens is 319 g/mol. The number of nitrogens with zero attached hydrogens (tertiary/aromatic N) is 2. The summed E-state index contributed by atoms with van der Waals surface area (Å²) in [5.74, 6) is -0.351. The summed E-state index contributed by atoms with van der Waals surface area (Å²) in [5.41, 5.74) is 1.09. The second kappa shape index (κ2) is 4.73. The molecule has 0 aliphatic rings. The van der Waals surface area contributed by atoms with E-state index in [1.165, 1.54) is 6.20 Å². The van der Waals surface area contributed by atoms with E-state index in [0.29, 0.717) is 17.8 Å². The highest BCUT2D eigenvalue weighted by atomic mass is 127. The molecule has 0 atom stereocenters. The maximum atomic E-state index is 11.5. The summed E-state index contributed by atoms with van der Waals surface area (Å²) in [6.07, 6.45) is 1.49. The lowest BCUT2D eigenvalue weighted by Gasteiger charge is -2.02. The first kappa shape index (κ1) is 11.3. The van der Waals surface area contributed by atoms with E-state index in [1.54, 1.807) is 13.0 Å². The molecule has 0 aromatic carbocycles. The van der Waals surface area contributed by atoms with Crippen molar-refractivity contribution < 1.29 is 9.53 Å². The first-order chi connectivity index (χ1) is 7.70. The minimum atomic E-state index is -0.351. The average molecular weight is 328 g/mol. The van der Waals surface area contributed by atoms with Crippen LogP contribution in [0.2, 0.25) is 0 Å². The summed E-state index contributed by atoms with van der Waals surface area (Å²) >= 11 is 2.12. The number of carbonyl (C=O) groups excluding carboxylic acids is 1. The smallest absolute Gasteiger partial charge is 0.339 e. The Morgan fingerprint density at radius 1 is 1.50 bits per heavy atom. The Morgan fingerprint density at radius 3 is 3.06 bits per heavy atom. The van der Waals surface area contributed by atoms with E-state index in [1.807, 2.05) is 12.1 Å². The third kappa shape index (κ3) is 2.29. The quantitative estimate of drug-likeness (QED) is 0.483. The maximum Gasteiger partial charge on any atom is 0.339 e. The second-order valence-electron chi connectivity index (χ2n) is 3.13. The fourth-order valence-corrected chi connectivity index (χ4v) is 1.72. The van der Waals surface area contributed by atoms with Crippen LogP contribution >= 0.6 is 22.6 Å². The molecule has 0 spiro atoms. The molecule has 0 unspecified atom stereocenters. The molecule has 0 fully saturated rings. The highest BCUT2D eigenvalue weighted by Crippen LogP contribution is 2.13. The van der Waals surface area contributed by atoms with Gasteiger partial charge in [0.1, 0.15) is 3.70 Å². The van der Waals surface area contributed by atoms with Crippen molar-refractivity contribution in [3.63, 3.8) is 0 Å². The molecule has 5 heteroatoms. The molecule has 0 amide bonds. The molecule has 4 nitrogen and oxygen atoms in total. The van der Waals surface area contributed by atoms with E-state index in [4.69, 9.17) is 4.74 Å².